The van der Waals surface area contributed by atoms with Crippen LogP contribution in [-0.4, -0.2) is 45.3 Å². The van der Waals surface area contributed by atoms with Gasteiger partial charge in [0, 0.05) is 18.0 Å². The van der Waals surface area contributed by atoms with Crippen molar-refractivity contribution in [3.8, 4) is 0 Å². The number of carbonyl (C=O) groups is 1. The molecule has 0 saturated carbocycles. The molecule has 8 heteroatoms. The number of nitrogens with zero attached hydrogens (tertiary/aromatic N) is 3. The van der Waals surface area contributed by atoms with Gasteiger partial charge in [0.1, 0.15) is 15.7 Å². The second-order valence-electron chi connectivity index (χ2n) is 7.59. The van der Waals surface area contributed by atoms with E-state index in [0.29, 0.717) is 24.2 Å². The molecule has 3 unspecified atom stereocenters. The number of hydrogen-bond donors (Lipinski definition) is 1. The zero-order valence-electron chi connectivity index (χ0n) is 16.8. The third-order valence-corrected chi connectivity index (χ3v) is 7.96. The number of benzene rings is 2. The molecule has 2 aliphatic heterocycles. The summed E-state index contributed by atoms with van der Waals surface area (Å²) in [6, 6.07) is 14.9. The molecule has 1 N–H and O–H groups in total. The Hall–Kier alpha value is -2.74. The van der Waals surface area contributed by atoms with Gasteiger partial charge in [-0.25, -0.2) is 18.0 Å². The molecule has 0 radical (unpaired) electrons. The topological polar surface area (TPSA) is 74.1 Å². The van der Waals surface area contributed by atoms with E-state index in [1.165, 1.54) is 6.07 Å². The van der Waals surface area contributed by atoms with Crippen molar-refractivity contribution in [2.24, 2.45) is 9.36 Å². The van der Waals surface area contributed by atoms with Crippen molar-refractivity contribution >= 4 is 21.8 Å². The van der Waals surface area contributed by atoms with Gasteiger partial charge in [0.25, 0.3) is 5.91 Å². The molecule has 3 atom stereocenters. The molecule has 0 bridgehead atoms. The van der Waals surface area contributed by atoms with Crippen LogP contribution in [0.15, 0.2) is 64.0 Å². The second kappa shape index (κ2) is 8.55. The molecule has 2 aliphatic rings. The van der Waals surface area contributed by atoms with Gasteiger partial charge in [-0.1, -0.05) is 43.3 Å². The zero-order chi connectivity index (χ0) is 21.1. The molecule has 0 saturated heterocycles. The molecule has 2 aromatic rings. The SMILES string of the molecule is CC(c1ccccc1F)C1CS2(=O)=NCCCCN2C(NC(=O)c2ccccc2)=N1. The van der Waals surface area contributed by atoms with Crippen LogP contribution in [0.4, 0.5) is 4.39 Å². The minimum atomic E-state index is -2.77. The maximum Gasteiger partial charge on any atom is 0.257 e. The Labute approximate surface area is 176 Å². The highest BCUT2D eigenvalue weighted by atomic mass is 32.2. The quantitative estimate of drug-likeness (QED) is 0.812. The van der Waals surface area contributed by atoms with Gasteiger partial charge in [-0.05, 0) is 36.6 Å². The van der Waals surface area contributed by atoms with Gasteiger partial charge in [0.05, 0.1) is 18.3 Å². The standard InChI is InChI=1S/C22H25FN4O2S/c1-16(18-11-5-6-12-19(18)23)20-15-30(29)24-13-7-8-14-27(30)22(25-20)26-21(28)17-9-3-2-4-10-17/h2-6,9-12,16,20H,7-8,13-15H2,1H3,(H,25,26,28). The summed E-state index contributed by atoms with van der Waals surface area (Å²) in [7, 11) is -2.77. The molecule has 1 amide bonds. The van der Waals surface area contributed by atoms with Gasteiger partial charge < -0.3 is 0 Å². The van der Waals surface area contributed by atoms with E-state index in [9.17, 15) is 13.4 Å². The molecule has 4 rings (SSSR count). The number of fused-ring (bicyclic) bond motifs is 1. The van der Waals surface area contributed by atoms with Crippen LogP contribution in [0.5, 0.6) is 0 Å². The summed E-state index contributed by atoms with van der Waals surface area (Å²) >= 11 is 0. The minimum absolute atomic E-state index is 0.215. The highest BCUT2D eigenvalue weighted by molar-refractivity contribution is 7.92. The maximum absolute atomic E-state index is 14.4. The van der Waals surface area contributed by atoms with Crippen LogP contribution in [0.2, 0.25) is 0 Å². The van der Waals surface area contributed by atoms with Crippen LogP contribution in [0, 0.1) is 5.82 Å². The highest BCUT2D eigenvalue weighted by Gasteiger charge is 2.37. The van der Waals surface area contributed by atoms with E-state index in [1.807, 2.05) is 13.0 Å². The second-order valence-corrected chi connectivity index (χ2v) is 9.83. The van der Waals surface area contributed by atoms with Crippen LogP contribution < -0.4 is 5.32 Å². The lowest BCUT2D eigenvalue weighted by Gasteiger charge is -2.36. The lowest BCUT2D eigenvalue weighted by Crippen LogP contribution is -2.53. The first-order valence-corrected chi connectivity index (χ1v) is 11.8. The van der Waals surface area contributed by atoms with E-state index in [1.54, 1.807) is 46.8 Å². The molecular weight excluding hydrogens is 403 g/mol. The Morgan fingerprint density at radius 1 is 1.17 bits per heavy atom. The van der Waals surface area contributed by atoms with Gasteiger partial charge in [-0.3, -0.25) is 14.4 Å². The van der Waals surface area contributed by atoms with Gasteiger partial charge in [-0.2, -0.15) is 0 Å². The molecule has 0 fully saturated rings. The molecule has 0 aliphatic carbocycles. The fourth-order valence-corrected chi connectivity index (χ4v) is 6.24. The maximum atomic E-state index is 14.4. The van der Waals surface area contributed by atoms with Crippen LogP contribution in [-0.2, 0) is 9.92 Å². The average molecular weight is 429 g/mol. The van der Waals surface area contributed by atoms with Gasteiger partial charge >= 0.3 is 0 Å². The van der Waals surface area contributed by atoms with Crippen molar-refractivity contribution in [1.82, 2.24) is 9.62 Å². The van der Waals surface area contributed by atoms with E-state index < -0.39 is 16.0 Å². The molecule has 2 aromatic carbocycles. The lowest BCUT2D eigenvalue weighted by atomic mass is 9.94. The monoisotopic (exact) mass is 428 g/mol. The van der Waals surface area contributed by atoms with Crippen LogP contribution in [0.3, 0.4) is 0 Å². The fourth-order valence-electron chi connectivity index (χ4n) is 3.82. The number of carbonyl (C=O) groups excluding carboxylic acids is 1. The average Bonchev–Trinajstić information content (AvgIpc) is 2.95. The number of aliphatic imine (C=N–C) groups is 1. The molecule has 0 aromatic heterocycles. The third-order valence-electron chi connectivity index (χ3n) is 5.55. The summed E-state index contributed by atoms with van der Waals surface area (Å²) in [5.74, 6) is -0.467. The van der Waals surface area contributed by atoms with Crippen LogP contribution >= 0.6 is 0 Å². The fraction of sp³-hybridized carbons (Fsp3) is 0.364. The van der Waals surface area contributed by atoms with E-state index >= 15 is 0 Å². The third kappa shape index (κ3) is 4.09. The van der Waals surface area contributed by atoms with Gasteiger partial charge in [0.2, 0.25) is 5.96 Å². The molecule has 0 spiro atoms. The first kappa shape index (κ1) is 20.5. The van der Waals surface area contributed by atoms with Crippen LogP contribution in [0.25, 0.3) is 0 Å². The zero-order valence-corrected chi connectivity index (χ0v) is 17.6. The first-order chi connectivity index (χ1) is 14.5. The van der Waals surface area contributed by atoms with Crippen LogP contribution in [0.1, 0.15) is 41.6 Å². The Kier molecular flexibility index (Phi) is 5.85. The number of hydrogen-bond acceptors (Lipinski definition) is 4. The smallest absolute Gasteiger partial charge is 0.257 e. The summed E-state index contributed by atoms with van der Waals surface area (Å²) in [5, 5.41) is 2.84. The summed E-state index contributed by atoms with van der Waals surface area (Å²) in [6.07, 6.45) is 1.65. The Bertz CT molecular complexity index is 1080. The van der Waals surface area contributed by atoms with Crippen molar-refractivity contribution in [3.05, 3.63) is 71.5 Å². The van der Waals surface area contributed by atoms with Crippen molar-refractivity contribution < 1.29 is 13.4 Å². The van der Waals surface area contributed by atoms with Crippen molar-refractivity contribution in [2.45, 2.75) is 31.7 Å². The first-order valence-electron chi connectivity index (χ1n) is 10.1. The predicted molar refractivity (Wildman–Crippen MR) is 116 cm³/mol. The number of rotatable bonds is 3. The van der Waals surface area contributed by atoms with E-state index in [2.05, 4.69) is 9.68 Å². The molecule has 158 valence electrons. The largest absolute Gasteiger partial charge is 0.292 e. The van der Waals surface area contributed by atoms with Crippen molar-refractivity contribution in [2.75, 3.05) is 18.8 Å². The van der Waals surface area contributed by atoms with Gasteiger partial charge in [-0.15, -0.1) is 0 Å². The highest BCUT2D eigenvalue weighted by Crippen LogP contribution is 2.30. The molecule has 30 heavy (non-hydrogen) atoms. The number of amides is 1. The predicted octanol–water partition coefficient (Wildman–Crippen LogP) is 3.58. The summed E-state index contributed by atoms with van der Waals surface area (Å²) in [5.41, 5.74) is 1.01. The number of nitrogens with one attached hydrogen (secondary N) is 1. The van der Waals surface area contributed by atoms with Gasteiger partial charge in [0.15, 0.2) is 0 Å². The molecule has 2 heterocycles. The minimum Gasteiger partial charge on any atom is -0.292 e. The summed E-state index contributed by atoms with van der Waals surface area (Å²) < 4.78 is 34.3. The lowest BCUT2D eigenvalue weighted by molar-refractivity contribution is 0.0974. The Morgan fingerprint density at radius 3 is 2.67 bits per heavy atom. The summed E-state index contributed by atoms with van der Waals surface area (Å²) in [6.45, 7) is 2.89. The number of guanidine groups is 1. The molecular formula is C22H25FN4O2S. The van der Waals surface area contributed by atoms with Crippen molar-refractivity contribution in [3.63, 3.8) is 0 Å². The van der Waals surface area contributed by atoms with E-state index in [-0.39, 0.29) is 29.4 Å². The van der Waals surface area contributed by atoms with Crippen molar-refractivity contribution in [1.29, 1.82) is 0 Å². The number of halogens is 1. The summed E-state index contributed by atoms with van der Waals surface area (Å²) in [4.78, 5) is 17.5. The Balaban J connectivity index is 1.71. The molecule has 6 nitrogen and oxygen atoms in total. The van der Waals surface area contributed by atoms with E-state index in [4.69, 9.17) is 4.99 Å². The van der Waals surface area contributed by atoms with E-state index in [0.717, 1.165) is 12.8 Å². The normalized spacial score (nSPS) is 24.7. The Morgan fingerprint density at radius 2 is 1.90 bits per heavy atom.